The second kappa shape index (κ2) is 10.2. The molecule has 0 spiro atoms. The molecule has 25 heavy (non-hydrogen) atoms. The van der Waals surface area contributed by atoms with Gasteiger partial charge in [0.15, 0.2) is 18.1 Å². The van der Waals surface area contributed by atoms with E-state index in [-0.39, 0.29) is 24.1 Å². The number of hydrogen-bond acceptors (Lipinski definition) is 6. The van der Waals surface area contributed by atoms with Crippen molar-refractivity contribution >= 4 is 17.8 Å². The molecule has 8 nitrogen and oxygen atoms in total. The fraction of sp³-hybridized carbons (Fsp3) is 0.471. The van der Waals surface area contributed by atoms with Crippen molar-refractivity contribution in [2.75, 3.05) is 26.9 Å². The first kappa shape index (κ1) is 20.3. The first-order valence-electron chi connectivity index (χ1n) is 7.91. The van der Waals surface area contributed by atoms with Gasteiger partial charge in [0.2, 0.25) is 5.91 Å². The van der Waals surface area contributed by atoms with Crippen molar-refractivity contribution in [3.8, 4) is 11.5 Å². The molecular formula is C17H24N2O6. The highest BCUT2D eigenvalue weighted by molar-refractivity contribution is 5.92. The summed E-state index contributed by atoms with van der Waals surface area (Å²) in [5.41, 5.74) is 0.227. The lowest BCUT2D eigenvalue weighted by Gasteiger charge is -2.11. The maximum Gasteiger partial charge on any atom is 0.338 e. The summed E-state index contributed by atoms with van der Waals surface area (Å²) in [6.07, 6.45) is 0. The lowest BCUT2D eigenvalue weighted by atomic mass is 10.2. The molecule has 0 heterocycles. The second-order valence-electron chi connectivity index (χ2n) is 5.37. The number of nitrogens with one attached hydrogen (secondary N) is 2. The summed E-state index contributed by atoms with van der Waals surface area (Å²) in [7, 11) is 1.46. The van der Waals surface area contributed by atoms with Crippen LogP contribution in [0.2, 0.25) is 0 Å². The number of carbonyl (C=O) groups excluding carboxylic acids is 3. The van der Waals surface area contributed by atoms with Crippen LogP contribution < -0.4 is 20.1 Å². The lowest BCUT2D eigenvalue weighted by molar-refractivity contribution is -0.128. The van der Waals surface area contributed by atoms with Gasteiger partial charge >= 0.3 is 5.97 Å². The van der Waals surface area contributed by atoms with Gasteiger partial charge < -0.3 is 24.8 Å². The zero-order valence-corrected chi connectivity index (χ0v) is 14.9. The molecule has 1 aromatic rings. The van der Waals surface area contributed by atoms with Gasteiger partial charge in [-0.05, 0) is 39.0 Å². The molecule has 0 radical (unpaired) electrons. The number of hydrogen-bond donors (Lipinski definition) is 2. The Morgan fingerprint density at radius 1 is 1.12 bits per heavy atom. The molecule has 1 aromatic carbocycles. The molecule has 8 heteroatoms. The highest BCUT2D eigenvalue weighted by Crippen LogP contribution is 2.28. The van der Waals surface area contributed by atoms with Crippen LogP contribution in [0.4, 0.5) is 0 Å². The van der Waals surface area contributed by atoms with Crippen molar-refractivity contribution in [2.45, 2.75) is 26.8 Å². The van der Waals surface area contributed by atoms with Crippen LogP contribution >= 0.6 is 0 Å². The second-order valence-corrected chi connectivity index (χ2v) is 5.37. The van der Waals surface area contributed by atoms with Gasteiger partial charge in [-0.1, -0.05) is 0 Å². The number of benzene rings is 1. The zero-order valence-electron chi connectivity index (χ0n) is 14.9. The number of ether oxygens (including phenoxy) is 3. The van der Waals surface area contributed by atoms with Crippen LogP contribution in [0, 0.1) is 0 Å². The van der Waals surface area contributed by atoms with Crippen LogP contribution in [0.5, 0.6) is 11.5 Å². The molecule has 0 saturated heterocycles. The molecule has 138 valence electrons. The Kier molecular flexibility index (Phi) is 8.25. The van der Waals surface area contributed by atoms with E-state index in [2.05, 4.69) is 10.6 Å². The summed E-state index contributed by atoms with van der Waals surface area (Å²) in [5, 5.41) is 5.00. The van der Waals surface area contributed by atoms with E-state index in [4.69, 9.17) is 14.2 Å². The molecule has 0 fully saturated rings. The lowest BCUT2D eigenvalue weighted by Crippen LogP contribution is -2.41. The molecule has 0 aliphatic heterocycles. The smallest absolute Gasteiger partial charge is 0.338 e. The van der Waals surface area contributed by atoms with E-state index in [0.717, 1.165) is 0 Å². The zero-order chi connectivity index (χ0) is 18.8. The Labute approximate surface area is 146 Å². The van der Waals surface area contributed by atoms with Gasteiger partial charge in [-0.15, -0.1) is 0 Å². The molecule has 0 bridgehead atoms. The molecule has 0 atom stereocenters. The fourth-order valence-electron chi connectivity index (χ4n) is 1.89. The van der Waals surface area contributed by atoms with E-state index < -0.39 is 18.5 Å². The van der Waals surface area contributed by atoms with E-state index in [0.29, 0.717) is 18.1 Å². The van der Waals surface area contributed by atoms with Gasteiger partial charge in [0, 0.05) is 6.04 Å². The molecule has 1 rings (SSSR count). The maximum absolute atomic E-state index is 12.0. The van der Waals surface area contributed by atoms with E-state index >= 15 is 0 Å². The van der Waals surface area contributed by atoms with Crippen LogP contribution in [0.25, 0.3) is 0 Å². The van der Waals surface area contributed by atoms with Gasteiger partial charge in [-0.3, -0.25) is 9.59 Å². The van der Waals surface area contributed by atoms with Crippen LogP contribution in [0.15, 0.2) is 18.2 Å². The molecule has 2 amide bonds. The summed E-state index contributed by atoms with van der Waals surface area (Å²) < 4.78 is 15.4. The summed E-state index contributed by atoms with van der Waals surface area (Å²) in [6, 6.07) is 4.57. The van der Waals surface area contributed by atoms with Crippen molar-refractivity contribution in [1.82, 2.24) is 10.6 Å². The molecule has 0 saturated carbocycles. The van der Waals surface area contributed by atoms with E-state index in [1.807, 2.05) is 20.8 Å². The first-order chi connectivity index (χ1) is 11.9. The van der Waals surface area contributed by atoms with Crippen molar-refractivity contribution in [3.05, 3.63) is 23.8 Å². The van der Waals surface area contributed by atoms with Crippen LogP contribution in [0.1, 0.15) is 31.1 Å². The minimum Gasteiger partial charge on any atom is -0.493 e. The number of esters is 1. The Hall–Kier alpha value is -2.77. The molecule has 0 aromatic heterocycles. The average Bonchev–Trinajstić information content (AvgIpc) is 2.57. The van der Waals surface area contributed by atoms with Crippen LogP contribution in [-0.4, -0.2) is 50.7 Å². The van der Waals surface area contributed by atoms with Crippen molar-refractivity contribution in [3.63, 3.8) is 0 Å². The summed E-state index contributed by atoms with van der Waals surface area (Å²) in [4.78, 5) is 35.0. The quantitative estimate of drug-likeness (QED) is 0.640. The number of amides is 2. The maximum atomic E-state index is 12.0. The third-order valence-electron chi connectivity index (χ3n) is 2.93. The van der Waals surface area contributed by atoms with Gasteiger partial charge in [-0.2, -0.15) is 0 Å². The Morgan fingerprint density at radius 3 is 2.44 bits per heavy atom. The topological polar surface area (TPSA) is 103 Å². The predicted octanol–water partition coefficient (Wildman–Crippen LogP) is 0.892. The Balaban J connectivity index is 2.51. The van der Waals surface area contributed by atoms with Crippen molar-refractivity contribution in [1.29, 1.82) is 0 Å². The summed E-state index contributed by atoms with van der Waals surface area (Å²) in [5.74, 6) is -0.652. The third kappa shape index (κ3) is 7.11. The molecular weight excluding hydrogens is 328 g/mol. The molecule has 0 aliphatic carbocycles. The van der Waals surface area contributed by atoms with Crippen molar-refractivity contribution < 1.29 is 28.6 Å². The summed E-state index contributed by atoms with van der Waals surface area (Å²) >= 11 is 0. The highest BCUT2D eigenvalue weighted by atomic mass is 16.5. The Bertz CT molecular complexity index is 615. The minimum absolute atomic E-state index is 0.0168. The Morgan fingerprint density at radius 2 is 1.84 bits per heavy atom. The van der Waals surface area contributed by atoms with Gasteiger partial charge in [-0.25, -0.2) is 4.79 Å². The van der Waals surface area contributed by atoms with Crippen molar-refractivity contribution in [2.24, 2.45) is 0 Å². The van der Waals surface area contributed by atoms with Gasteiger partial charge in [0.05, 0.1) is 25.8 Å². The summed E-state index contributed by atoms with van der Waals surface area (Å²) in [6.45, 7) is 5.26. The average molecular weight is 352 g/mol. The molecule has 0 aliphatic rings. The third-order valence-corrected chi connectivity index (χ3v) is 2.93. The molecule has 0 unspecified atom stereocenters. The molecule has 2 N–H and O–H groups in total. The first-order valence-corrected chi connectivity index (χ1v) is 7.91. The van der Waals surface area contributed by atoms with E-state index in [1.165, 1.54) is 19.2 Å². The number of rotatable bonds is 9. The standard InChI is InChI=1S/C17H24N2O6/c1-5-24-13-7-6-12(8-14(13)23-4)17(22)25-10-16(21)18-9-15(20)19-11(2)3/h6-8,11H,5,9-10H2,1-4H3,(H,18,21)(H,19,20). The van der Waals surface area contributed by atoms with Gasteiger partial charge in [0.1, 0.15) is 0 Å². The predicted molar refractivity (Wildman–Crippen MR) is 90.7 cm³/mol. The SMILES string of the molecule is CCOc1ccc(C(=O)OCC(=O)NCC(=O)NC(C)C)cc1OC. The van der Waals surface area contributed by atoms with Gasteiger partial charge in [0.25, 0.3) is 5.91 Å². The van der Waals surface area contributed by atoms with Crippen LogP contribution in [0.3, 0.4) is 0 Å². The highest BCUT2D eigenvalue weighted by Gasteiger charge is 2.14. The largest absolute Gasteiger partial charge is 0.493 e. The number of methoxy groups -OCH3 is 1. The monoisotopic (exact) mass is 352 g/mol. The minimum atomic E-state index is -0.678. The van der Waals surface area contributed by atoms with E-state index in [1.54, 1.807) is 6.07 Å². The van der Waals surface area contributed by atoms with E-state index in [9.17, 15) is 14.4 Å². The van der Waals surface area contributed by atoms with Crippen LogP contribution in [-0.2, 0) is 14.3 Å². The number of carbonyl (C=O) groups is 3. The normalized spacial score (nSPS) is 10.1. The fourth-order valence-corrected chi connectivity index (χ4v) is 1.89.